The Morgan fingerprint density at radius 3 is 2.78 bits per heavy atom. The SMILES string of the molecule is O=C(CCc1ccccc1Cl)Nc1c(Cl)ccc2nc(N3CC[C@H](NCCO)C3)ccc12. The van der Waals surface area contributed by atoms with Crippen LogP contribution in [0.3, 0.4) is 0 Å². The van der Waals surface area contributed by atoms with Crippen LogP contribution in [0.4, 0.5) is 11.5 Å². The predicted molar refractivity (Wildman–Crippen MR) is 131 cm³/mol. The molecule has 0 spiro atoms. The molecule has 168 valence electrons. The van der Waals surface area contributed by atoms with Gasteiger partial charge in [0.25, 0.3) is 0 Å². The number of benzene rings is 2. The third kappa shape index (κ3) is 5.33. The van der Waals surface area contributed by atoms with Gasteiger partial charge in [0, 0.05) is 42.5 Å². The molecule has 0 saturated carbocycles. The fourth-order valence-corrected chi connectivity index (χ4v) is 4.47. The molecular formula is C24H26Cl2N4O2. The van der Waals surface area contributed by atoms with Gasteiger partial charge >= 0.3 is 0 Å². The highest BCUT2D eigenvalue weighted by atomic mass is 35.5. The number of fused-ring (bicyclic) bond motifs is 1. The number of carbonyl (C=O) groups excluding carboxylic acids is 1. The van der Waals surface area contributed by atoms with E-state index in [9.17, 15) is 4.79 Å². The molecule has 0 aliphatic carbocycles. The van der Waals surface area contributed by atoms with E-state index < -0.39 is 0 Å². The Hall–Kier alpha value is -2.38. The van der Waals surface area contributed by atoms with Crippen LogP contribution in [-0.4, -0.2) is 48.3 Å². The molecule has 1 saturated heterocycles. The Morgan fingerprint density at radius 1 is 1.12 bits per heavy atom. The quantitative estimate of drug-likeness (QED) is 0.456. The van der Waals surface area contributed by atoms with Gasteiger partial charge in [0.05, 0.1) is 22.8 Å². The fourth-order valence-electron chi connectivity index (χ4n) is 4.02. The summed E-state index contributed by atoms with van der Waals surface area (Å²) in [6.07, 6.45) is 1.86. The van der Waals surface area contributed by atoms with E-state index in [1.807, 2.05) is 42.5 Å². The molecule has 4 rings (SSSR count). The van der Waals surface area contributed by atoms with Crippen molar-refractivity contribution in [1.29, 1.82) is 0 Å². The largest absolute Gasteiger partial charge is 0.395 e. The average molecular weight is 473 g/mol. The summed E-state index contributed by atoms with van der Waals surface area (Å²) < 4.78 is 0. The maximum absolute atomic E-state index is 12.6. The normalized spacial score (nSPS) is 16.0. The van der Waals surface area contributed by atoms with Crippen molar-refractivity contribution in [3.63, 3.8) is 0 Å². The lowest BCUT2D eigenvalue weighted by Gasteiger charge is -2.19. The number of pyridine rings is 1. The summed E-state index contributed by atoms with van der Waals surface area (Å²) in [7, 11) is 0. The van der Waals surface area contributed by atoms with Crippen molar-refractivity contribution >= 4 is 51.5 Å². The number of nitrogens with zero attached hydrogens (tertiary/aromatic N) is 2. The number of aliphatic hydroxyl groups is 1. The van der Waals surface area contributed by atoms with Crippen molar-refractivity contribution < 1.29 is 9.90 Å². The van der Waals surface area contributed by atoms with Crippen molar-refractivity contribution in [3.8, 4) is 0 Å². The van der Waals surface area contributed by atoms with Crippen LogP contribution < -0.4 is 15.5 Å². The van der Waals surface area contributed by atoms with Crippen LogP contribution in [0.15, 0.2) is 48.5 Å². The summed E-state index contributed by atoms with van der Waals surface area (Å²) in [5, 5.41) is 17.3. The molecule has 8 heteroatoms. The van der Waals surface area contributed by atoms with E-state index in [4.69, 9.17) is 33.3 Å². The highest BCUT2D eigenvalue weighted by molar-refractivity contribution is 6.35. The maximum atomic E-state index is 12.6. The second kappa shape index (κ2) is 10.5. The number of rotatable bonds is 8. The van der Waals surface area contributed by atoms with E-state index in [1.54, 1.807) is 6.07 Å². The number of hydrogen-bond donors (Lipinski definition) is 3. The molecule has 1 fully saturated rings. The van der Waals surface area contributed by atoms with Crippen molar-refractivity contribution in [2.24, 2.45) is 0 Å². The summed E-state index contributed by atoms with van der Waals surface area (Å²) in [6, 6.07) is 15.4. The van der Waals surface area contributed by atoms with Gasteiger partial charge in [-0.25, -0.2) is 4.98 Å². The smallest absolute Gasteiger partial charge is 0.224 e. The zero-order chi connectivity index (χ0) is 22.5. The molecule has 1 aliphatic rings. The van der Waals surface area contributed by atoms with Gasteiger partial charge in [0.15, 0.2) is 0 Å². The van der Waals surface area contributed by atoms with Crippen LogP contribution in [0, 0.1) is 0 Å². The van der Waals surface area contributed by atoms with Crippen molar-refractivity contribution in [2.75, 3.05) is 36.5 Å². The van der Waals surface area contributed by atoms with Crippen LogP contribution >= 0.6 is 23.2 Å². The van der Waals surface area contributed by atoms with Gasteiger partial charge in [-0.1, -0.05) is 41.4 Å². The molecule has 2 heterocycles. The molecular weight excluding hydrogens is 447 g/mol. The van der Waals surface area contributed by atoms with E-state index in [2.05, 4.69) is 15.5 Å². The van der Waals surface area contributed by atoms with Crippen LogP contribution in [-0.2, 0) is 11.2 Å². The number of nitrogens with one attached hydrogen (secondary N) is 2. The standard InChI is InChI=1S/C24H26Cl2N4O2/c25-19-4-2-1-3-16(19)5-10-23(32)29-24-18-6-9-22(28-21(18)8-7-20(24)26)30-13-11-17(15-30)27-12-14-31/h1-4,6-9,17,27,31H,5,10-15H2,(H,29,32)/t17-/m0/s1. The van der Waals surface area contributed by atoms with Gasteiger partial charge in [-0.05, 0) is 48.7 Å². The van der Waals surface area contributed by atoms with E-state index in [0.717, 1.165) is 41.8 Å². The van der Waals surface area contributed by atoms with Gasteiger partial charge in [-0.3, -0.25) is 4.79 Å². The number of halogens is 2. The van der Waals surface area contributed by atoms with E-state index >= 15 is 0 Å². The minimum absolute atomic E-state index is 0.124. The lowest BCUT2D eigenvalue weighted by molar-refractivity contribution is -0.116. The summed E-state index contributed by atoms with van der Waals surface area (Å²) in [5.41, 5.74) is 2.30. The second-order valence-corrected chi connectivity index (χ2v) is 8.72. The number of aromatic nitrogens is 1. The molecule has 2 aromatic carbocycles. The van der Waals surface area contributed by atoms with Crippen LogP contribution in [0.1, 0.15) is 18.4 Å². The number of amides is 1. The van der Waals surface area contributed by atoms with E-state index in [0.29, 0.717) is 41.2 Å². The average Bonchev–Trinajstić information content (AvgIpc) is 3.28. The third-order valence-corrected chi connectivity index (χ3v) is 6.39. The monoisotopic (exact) mass is 472 g/mol. The van der Waals surface area contributed by atoms with E-state index in [-0.39, 0.29) is 12.5 Å². The zero-order valence-corrected chi connectivity index (χ0v) is 19.2. The molecule has 0 bridgehead atoms. The molecule has 1 amide bonds. The molecule has 3 N–H and O–H groups in total. The first-order chi connectivity index (χ1) is 15.5. The summed E-state index contributed by atoms with van der Waals surface area (Å²) in [6.45, 7) is 2.48. The first-order valence-corrected chi connectivity index (χ1v) is 11.5. The van der Waals surface area contributed by atoms with Crippen molar-refractivity contribution in [1.82, 2.24) is 10.3 Å². The maximum Gasteiger partial charge on any atom is 0.224 e. The minimum Gasteiger partial charge on any atom is -0.395 e. The number of carbonyl (C=O) groups is 1. The first-order valence-electron chi connectivity index (χ1n) is 10.8. The Balaban J connectivity index is 1.47. The summed E-state index contributed by atoms with van der Waals surface area (Å²) in [4.78, 5) is 19.7. The minimum atomic E-state index is -0.124. The summed E-state index contributed by atoms with van der Waals surface area (Å²) in [5.74, 6) is 0.768. The van der Waals surface area contributed by atoms with E-state index in [1.165, 1.54) is 0 Å². The molecule has 1 atom stereocenters. The van der Waals surface area contributed by atoms with Crippen molar-refractivity contribution in [2.45, 2.75) is 25.3 Å². The van der Waals surface area contributed by atoms with Crippen LogP contribution in [0.5, 0.6) is 0 Å². The van der Waals surface area contributed by atoms with Crippen LogP contribution in [0.25, 0.3) is 10.9 Å². The Bertz CT molecular complexity index is 1110. The van der Waals surface area contributed by atoms with Crippen molar-refractivity contribution in [3.05, 3.63) is 64.1 Å². The molecule has 0 radical (unpaired) electrons. The number of hydrogen-bond acceptors (Lipinski definition) is 5. The Labute approximate surface area is 197 Å². The van der Waals surface area contributed by atoms with Gasteiger partial charge in [0.2, 0.25) is 5.91 Å². The predicted octanol–water partition coefficient (Wildman–Crippen LogP) is 4.27. The summed E-state index contributed by atoms with van der Waals surface area (Å²) >= 11 is 12.6. The zero-order valence-electron chi connectivity index (χ0n) is 17.7. The first kappa shape index (κ1) is 22.8. The Morgan fingerprint density at radius 2 is 1.97 bits per heavy atom. The van der Waals surface area contributed by atoms with Gasteiger partial charge in [0.1, 0.15) is 5.82 Å². The number of anilines is 2. The molecule has 1 aromatic heterocycles. The highest BCUT2D eigenvalue weighted by Crippen LogP contribution is 2.32. The molecule has 0 unspecified atom stereocenters. The third-order valence-electron chi connectivity index (χ3n) is 5.71. The molecule has 6 nitrogen and oxygen atoms in total. The van der Waals surface area contributed by atoms with Gasteiger partial charge < -0.3 is 20.6 Å². The van der Waals surface area contributed by atoms with Gasteiger partial charge in [-0.2, -0.15) is 0 Å². The number of aliphatic hydroxyl groups excluding tert-OH is 1. The lowest BCUT2D eigenvalue weighted by atomic mass is 10.1. The molecule has 1 aliphatic heterocycles. The topological polar surface area (TPSA) is 77.5 Å². The van der Waals surface area contributed by atoms with Gasteiger partial charge in [-0.15, -0.1) is 0 Å². The molecule has 3 aromatic rings. The second-order valence-electron chi connectivity index (χ2n) is 7.91. The fraction of sp³-hybridized carbons (Fsp3) is 0.333. The van der Waals surface area contributed by atoms with Crippen LogP contribution in [0.2, 0.25) is 10.0 Å². The number of aryl methyl sites for hydroxylation is 1. The molecule has 32 heavy (non-hydrogen) atoms. The Kier molecular flexibility index (Phi) is 7.48. The highest BCUT2D eigenvalue weighted by Gasteiger charge is 2.23. The lowest BCUT2D eigenvalue weighted by Crippen LogP contribution is -2.34.